The lowest BCUT2D eigenvalue weighted by molar-refractivity contribution is -0.172. The molecule has 2 unspecified atom stereocenters. The Kier molecular flexibility index (Phi) is 5.68. The first-order chi connectivity index (χ1) is 12.5. The first-order valence-corrected chi connectivity index (χ1v) is 9.09. The third-order valence-electron chi connectivity index (χ3n) is 5.42. The van der Waals surface area contributed by atoms with Crippen LogP contribution in [0.4, 0.5) is 0 Å². The second-order valence-corrected chi connectivity index (χ2v) is 8.22. The van der Waals surface area contributed by atoms with E-state index in [9.17, 15) is 14.4 Å². The number of hydrogen-bond acceptors (Lipinski definition) is 6. The molecule has 1 fully saturated rings. The predicted molar refractivity (Wildman–Crippen MR) is 99.0 cm³/mol. The van der Waals surface area contributed by atoms with Crippen molar-refractivity contribution in [3.63, 3.8) is 0 Å². The highest BCUT2D eigenvalue weighted by Gasteiger charge is 2.51. The molecule has 1 aliphatic rings. The van der Waals surface area contributed by atoms with E-state index in [0.717, 1.165) is 11.3 Å². The lowest BCUT2D eigenvalue weighted by Gasteiger charge is -2.36. The minimum Gasteiger partial charge on any atom is -0.497 e. The van der Waals surface area contributed by atoms with Crippen LogP contribution in [0.1, 0.15) is 59.4 Å². The van der Waals surface area contributed by atoms with Gasteiger partial charge in [-0.1, -0.05) is 19.1 Å². The fourth-order valence-corrected chi connectivity index (χ4v) is 3.40. The molecule has 0 bridgehead atoms. The zero-order valence-electron chi connectivity index (χ0n) is 16.9. The summed E-state index contributed by atoms with van der Waals surface area (Å²) in [5.74, 6) is -0.807. The first-order valence-electron chi connectivity index (χ1n) is 9.09. The Bertz CT molecular complexity index is 736. The van der Waals surface area contributed by atoms with Gasteiger partial charge in [0.2, 0.25) is 0 Å². The van der Waals surface area contributed by atoms with Crippen molar-refractivity contribution < 1.29 is 28.6 Å². The van der Waals surface area contributed by atoms with Crippen molar-refractivity contribution in [1.29, 1.82) is 0 Å². The molecular weight excluding hydrogens is 348 g/mol. The summed E-state index contributed by atoms with van der Waals surface area (Å²) in [4.78, 5) is 36.6. The van der Waals surface area contributed by atoms with Crippen LogP contribution in [0.3, 0.4) is 0 Å². The van der Waals surface area contributed by atoms with E-state index < -0.39 is 34.3 Å². The van der Waals surface area contributed by atoms with E-state index in [0.29, 0.717) is 6.42 Å². The third-order valence-corrected chi connectivity index (χ3v) is 5.42. The van der Waals surface area contributed by atoms with Crippen molar-refractivity contribution in [1.82, 2.24) is 0 Å². The fourth-order valence-electron chi connectivity index (χ4n) is 3.40. The molecule has 0 N–H and O–H groups in total. The van der Waals surface area contributed by atoms with Gasteiger partial charge in [-0.2, -0.15) is 0 Å². The molecule has 6 heteroatoms. The first kappa shape index (κ1) is 20.9. The summed E-state index contributed by atoms with van der Waals surface area (Å²) in [5, 5.41) is 0. The molecule has 0 aliphatic carbocycles. The summed E-state index contributed by atoms with van der Waals surface area (Å²) in [6.07, 6.45) is 0.650. The van der Waals surface area contributed by atoms with Crippen LogP contribution in [-0.4, -0.2) is 25.0 Å². The van der Waals surface area contributed by atoms with Gasteiger partial charge in [0.1, 0.15) is 11.4 Å². The normalized spacial score (nSPS) is 22.1. The Labute approximate surface area is 160 Å². The number of carbonyl (C=O) groups excluding carboxylic acids is 3. The lowest BCUT2D eigenvalue weighted by atomic mass is 9.70. The maximum absolute atomic E-state index is 13.0. The molecule has 1 saturated heterocycles. The van der Waals surface area contributed by atoms with E-state index in [-0.39, 0.29) is 12.8 Å². The Morgan fingerprint density at radius 3 is 2.22 bits per heavy atom. The quantitative estimate of drug-likeness (QED) is 0.532. The molecule has 2 rings (SSSR count). The van der Waals surface area contributed by atoms with Gasteiger partial charge in [-0.3, -0.25) is 14.4 Å². The summed E-state index contributed by atoms with van der Waals surface area (Å²) in [6, 6.07) is 7.32. The SMILES string of the molecule is CCC(C)(CC1(C)CC(=O)OC1=O)C(=O)OC(C)(C)c1ccc(OC)cc1. The van der Waals surface area contributed by atoms with Gasteiger partial charge in [0, 0.05) is 0 Å². The lowest BCUT2D eigenvalue weighted by Crippen LogP contribution is -2.40. The van der Waals surface area contributed by atoms with Crippen LogP contribution in [0.25, 0.3) is 0 Å². The standard InChI is InChI=1S/C21H28O6/c1-7-20(4,13-21(5)12-16(22)26-17(21)23)18(24)27-19(2,3)14-8-10-15(25-6)11-9-14/h8-11H,7,12-13H2,1-6H3. The average molecular weight is 376 g/mol. The number of carbonyl (C=O) groups is 3. The van der Waals surface area contributed by atoms with Crippen LogP contribution in [0.15, 0.2) is 24.3 Å². The van der Waals surface area contributed by atoms with Crippen LogP contribution in [0, 0.1) is 10.8 Å². The molecule has 1 aliphatic heterocycles. The molecule has 1 aromatic carbocycles. The monoisotopic (exact) mass is 376 g/mol. The molecule has 27 heavy (non-hydrogen) atoms. The van der Waals surface area contributed by atoms with Crippen molar-refractivity contribution in [2.24, 2.45) is 10.8 Å². The minimum absolute atomic E-state index is 0.0173. The fraction of sp³-hybridized carbons (Fsp3) is 0.571. The smallest absolute Gasteiger partial charge is 0.320 e. The van der Waals surface area contributed by atoms with E-state index >= 15 is 0 Å². The van der Waals surface area contributed by atoms with Gasteiger partial charge in [0.15, 0.2) is 0 Å². The van der Waals surface area contributed by atoms with E-state index in [1.165, 1.54) is 0 Å². The van der Waals surface area contributed by atoms with E-state index in [1.54, 1.807) is 21.0 Å². The summed E-state index contributed by atoms with van der Waals surface area (Å²) >= 11 is 0. The molecule has 2 atom stereocenters. The second kappa shape index (κ2) is 7.33. The molecule has 0 saturated carbocycles. The summed E-state index contributed by atoms with van der Waals surface area (Å²) in [7, 11) is 1.59. The molecule has 0 amide bonds. The van der Waals surface area contributed by atoms with Crippen LogP contribution >= 0.6 is 0 Å². The van der Waals surface area contributed by atoms with Gasteiger partial charge < -0.3 is 14.2 Å². The van der Waals surface area contributed by atoms with Gasteiger partial charge in [-0.15, -0.1) is 0 Å². The van der Waals surface area contributed by atoms with Gasteiger partial charge in [-0.05, 0) is 58.2 Å². The van der Waals surface area contributed by atoms with Gasteiger partial charge >= 0.3 is 17.9 Å². The number of esters is 3. The van der Waals surface area contributed by atoms with Crippen molar-refractivity contribution >= 4 is 17.9 Å². The van der Waals surface area contributed by atoms with Crippen molar-refractivity contribution in [2.75, 3.05) is 7.11 Å². The Hall–Kier alpha value is -2.37. The molecule has 0 radical (unpaired) electrons. The maximum Gasteiger partial charge on any atom is 0.320 e. The van der Waals surface area contributed by atoms with E-state index in [2.05, 4.69) is 0 Å². The Balaban J connectivity index is 2.19. The zero-order chi connectivity index (χ0) is 20.5. The van der Waals surface area contributed by atoms with Crippen LogP contribution in [-0.2, 0) is 29.5 Å². The number of cyclic esters (lactones) is 2. The van der Waals surface area contributed by atoms with Crippen molar-refractivity contribution in [3.8, 4) is 5.75 Å². The molecular formula is C21H28O6. The number of rotatable bonds is 7. The Morgan fingerprint density at radius 1 is 1.19 bits per heavy atom. The number of benzene rings is 1. The number of hydrogen-bond donors (Lipinski definition) is 0. The molecule has 0 aromatic heterocycles. The number of ether oxygens (including phenoxy) is 3. The topological polar surface area (TPSA) is 78.9 Å². The largest absolute Gasteiger partial charge is 0.497 e. The average Bonchev–Trinajstić information content (AvgIpc) is 2.85. The minimum atomic E-state index is -1.01. The summed E-state index contributed by atoms with van der Waals surface area (Å²) in [6.45, 7) is 8.93. The maximum atomic E-state index is 13.0. The van der Waals surface area contributed by atoms with E-state index in [4.69, 9.17) is 14.2 Å². The van der Waals surface area contributed by atoms with Gasteiger partial charge in [0.05, 0.1) is 24.4 Å². The molecule has 1 heterocycles. The highest BCUT2D eigenvalue weighted by molar-refractivity contribution is 5.97. The highest BCUT2D eigenvalue weighted by Crippen LogP contribution is 2.44. The van der Waals surface area contributed by atoms with Crippen LogP contribution < -0.4 is 4.74 Å². The second-order valence-electron chi connectivity index (χ2n) is 8.22. The van der Waals surface area contributed by atoms with Gasteiger partial charge in [0.25, 0.3) is 0 Å². The predicted octanol–water partition coefficient (Wildman–Crippen LogP) is 3.76. The highest BCUT2D eigenvalue weighted by atomic mass is 16.6. The van der Waals surface area contributed by atoms with Crippen molar-refractivity contribution in [2.45, 2.75) is 59.5 Å². The molecule has 1 aromatic rings. The third kappa shape index (κ3) is 4.31. The molecule has 0 spiro atoms. The molecule has 148 valence electrons. The summed E-state index contributed by atoms with van der Waals surface area (Å²) < 4.78 is 15.7. The number of methoxy groups -OCH3 is 1. The van der Waals surface area contributed by atoms with Crippen LogP contribution in [0.2, 0.25) is 0 Å². The van der Waals surface area contributed by atoms with Gasteiger partial charge in [-0.25, -0.2) is 0 Å². The zero-order valence-corrected chi connectivity index (χ0v) is 16.9. The summed E-state index contributed by atoms with van der Waals surface area (Å²) in [5.41, 5.74) is -1.95. The van der Waals surface area contributed by atoms with E-state index in [1.807, 2.05) is 45.0 Å². The molecule has 6 nitrogen and oxygen atoms in total. The van der Waals surface area contributed by atoms with Crippen molar-refractivity contribution in [3.05, 3.63) is 29.8 Å². The van der Waals surface area contributed by atoms with Crippen LogP contribution in [0.5, 0.6) is 5.75 Å². The Morgan fingerprint density at radius 2 is 1.78 bits per heavy atom.